The summed E-state index contributed by atoms with van der Waals surface area (Å²) in [6.45, 7) is 9.88. The highest BCUT2D eigenvalue weighted by Gasteiger charge is 2.21. The first-order valence-electron chi connectivity index (χ1n) is 7.71. The van der Waals surface area contributed by atoms with Crippen molar-refractivity contribution in [1.29, 1.82) is 0 Å². The molecule has 0 aromatic heterocycles. The van der Waals surface area contributed by atoms with Crippen molar-refractivity contribution >= 4 is 0 Å². The summed E-state index contributed by atoms with van der Waals surface area (Å²) in [5, 5.41) is 3.72. The van der Waals surface area contributed by atoms with Crippen molar-refractivity contribution in [3.63, 3.8) is 0 Å². The quantitative estimate of drug-likeness (QED) is 0.792. The molecular weight excluding hydrogens is 208 g/mol. The highest BCUT2D eigenvalue weighted by atomic mass is 15.1. The number of rotatable bonds is 5. The van der Waals surface area contributed by atoms with E-state index in [2.05, 4.69) is 24.1 Å². The molecule has 1 aliphatic carbocycles. The van der Waals surface area contributed by atoms with E-state index < -0.39 is 0 Å². The van der Waals surface area contributed by atoms with Crippen LogP contribution >= 0.6 is 0 Å². The minimum Gasteiger partial charge on any atom is -0.313 e. The number of likely N-dealkylation sites (tertiary alicyclic amines) is 1. The molecule has 0 unspecified atom stereocenters. The normalized spacial score (nSPS) is 24.9. The van der Waals surface area contributed by atoms with Crippen LogP contribution in [0.15, 0.2) is 0 Å². The molecule has 1 heterocycles. The fourth-order valence-electron chi connectivity index (χ4n) is 3.40. The largest absolute Gasteiger partial charge is 0.313 e. The zero-order valence-electron chi connectivity index (χ0n) is 11.8. The molecule has 17 heavy (non-hydrogen) atoms. The zero-order chi connectivity index (χ0) is 12.1. The molecule has 2 nitrogen and oxygen atoms in total. The molecule has 2 heteroatoms. The van der Waals surface area contributed by atoms with Crippen LogP contribution in [0, 0.1) is 11.8 Å². The molecular formula is C15H30N2. The van der Waals surface area contributed by atoms with Gasteiger partial charge in [-0.15, -0.1) is 0 Å². The van der Waals surface area contributed by atoms with Crippen LogP contribution in [-0.4, -0.2) is 37.1 Å². The molecule has 2 aliphatic rings. The van der Waals surface area contributed by atoms with E-state index in [0.29, 0.717) is 0 Å². The summed E-state index contributed by atoms with van der Waals surface area (Å²) < 4.78 is 0. The van der Waals surface area contributed by atoms with Crippen molar-refractivity contribution in [2.24, 2.45) is 11.8 Å². The molecule has 1 saturated carbocycles. The van der Waals surface area contributed by atoms with E-state index >= 15 is 0 Å². The Morgan fingerprint density at radius 2 is 1.71 bits per heavy atom. The molecule has 2 fully saturated rings. The summed E-state index contributed by atoms with van der Waals surface area (Å²) in [6, 6.07) is 0.836. The molecule has 1 N–H and O–H groups in total. The third-order valence-electron chi connectivity index (χ3n) is 4.79. The summed E-state index contributed by atoms with van der Waals surface area (Å²) in [6.07, 6.45) is 8.54. The van der Waals surface area contributed by atoms with Gasteiger partial charge in [-0.25, -0.2) is 0 Å². The van der Waals surface area contributed by atoms with Crippen molar-refractivity contribution in [3.05, 3.63) is 0 Å². The molecule has 0 bridgehead atoms. The van der Waals surface area contributed by atoms with Crippen molar-refractivity contribution in [3.8, 4) is 0 Å². The second kappa shape index (κ2) is 6.75. The molecule has 0 aromatic rings. The van der Waals surface area contributed by atoms with Gasteiger partial charge in [0.2, 0.25) is 0 Å². The Kier molecular flexibility index (Phi) is 5.30. The lowest BCUT2D eigenvalue weighted by Crippen LogP contribution is -2.40. The topological polar surface area (TPSA) is 15.3 Å². The maximum atomic E-state index is 3.72. The standard InChI is InChI=1S/C15H30N2/c1-13(2)14-7-10-17(11-8-14)12-9-16-15-5-3-4-6-15/h13-16H,3-12H2,1-2H3. The van der Waals surface area contributed by atoms with Gasteiger partial charge in [0.25, 0.3) is 0 Å². The fraction of sp³-hybridized carbons (Fsp3) is 1.00. The van der Waals surface area contributed by atoms with E-state index in [1.54, 1.807) is 0 Å². The summed E-state index contributed by atoms with van der Waals surface area (Å²) in [7, 11) is 0. The van der Waals surface area contributed by atoms with Crippen molar-refractivity contribution in [1.82, 2.24) is 10.2 Å². The van der Waals surface area contributed by atoms with E-state index in [1.165, 1.54) is 64.7 Å². The first-order valence-corrected chi connectivity index (χ1v) is 7.71. The third kappa shape index (κ3) is 4.26. The number of hydrogen-bond donors (Lipinski definition) is 1. The lowest BCUT2D eigenvalue weighted by atomic mass is 9.87. The van der Waals surface area contributed by atoms with Crippen LogP contribution < -0.4 is 5.32 Å². The molecule has 0 aromatic carbocycles. The van der Waals surface area contributed by atoms with Gasteiger partial charge in [0.1, 0.15) is 0 Å². The van der Waals surface area contributed by atoms with Crippen LogP contribution in [0.2, 0.25) is 0 Å². The van der Waals surface area contributed by atoms with Crippen LogP contribution in [-0.2, 0) is 0 Å². The highest BCUT2D eigenvalue weighted by molar-refractivity contribution is 4.77. The molecule has 0 amide bonds. The number of hydrogen-bond acceptors (Lipinski definition) is 2. The Hall–Kier alpha value is -0.0800. The van der Waals surface area contributed by atoms with E-state index in [1.807, 2.05) is 0 Å². The molecule has 2 rings (SSSR count). The van der Waals surface area contributed by atoms with Gasteiger partial charge in [-0.3, -0.25) is 0 Å². The first-order chi connectivity index (χ1) is 8.25. The van der Waals surface area contributed by atoms with Gasteiger partial charge >= 0.3 is 0 Å². The number of nitrogens with one attached hydrogen (secondary N) is 1. The van der Waals surface area contributed by atoms with Gasteiger partial charge in [0.15, 0.2) is 0 Å². The Morgan fingerprint density at radius 3 is 2.29 bits per heavy atom. The fourth-order valence-corrected chi connectivity index (χ4v) is 3.40. The lowest BCUT2D eigenvalue weighted by molar-refractivity contribution is 0.157. The highest BCUT2D eigenvalue weighted by Crippen LogP contribution is 2.24. The molecule has 0 radical (unpaired) electrons. The predicted molar refractivity (Wildman–Crippen MR) is 74.3 cm³/mol. The molecule has 0 spiro atoms. The summed E-state index contributed by atoms with van der Waals surface area (Å²) in [5.74, 6) is 1.86. The molecule has 1 saturated heterocycles. The number of nitrogens with zero attached hydrogens (tertiary/aromatic N) is 1. The van der Waals surface area contributed by atoms with Crippen molar-refractivity contribution < 1.29 is 0 Å². The SMILES string of the molecule is CC(C)C1CCN(CCNC2CCCC2)CC1. The lowest BCUT2D eigenvalue weighted by Gasteiger charge is -2.34. The second-order valence-electron chi connectivity index (χ2n) is 6.36. The zero-order valence-corrected chi connectivity index (χ0v) is 11.8. The Balaban J connectivity index is 1.55. The number of piperidine rings is 1. The van der Waals surface area contributed by atoms with Gasteiger partial charge in [0.05, 0.1) is 0 Å². The maximum absolute atomic E-state index is 3.72. The van der Waals surface area contributed by atoms with Crippen LogP contribution in [0.25, 0.3) is 0 Å². The average Bonchev–Trinajstić information content (AvgIpc) is 2.83. The molecule has 1 aliphatic heterocycles. The molecule has 0 atom stereocenters. The second-order valence-corrected chi connectivity index (χ2v) is 6.36. The predicted octanol–water partition coefficient (Wildman–Crippen LogP) is 2.89. The Labute approximate surface area is 107 Å². The maximum Gasteiger partial charge on any atom is 0.0107 e. The first kappa shape index (κ1) is 13.4. The van der Waals surface area contributed by atoms with Crippen molar-refractivity contribution in [2.75, 3.05) is 26.2 Å². The van der Waals surface area contributed by atoms with Gasteiger partial charge < -0.3 is 10.2 Å². The van der Waals surface area contributed by atoms with Gasteiger partial charge in [0, 0.05) is 19.1 Å². The van der Waals surface area contributed by atoms with Crippen LogP contribution in [0.3, 0.4) is 0 Å². The summed E-state index contributed by atoms with van der Waals surface area (Å²) in [5.41, 5.74) is 0. The minimum atomic E-state index is 0.836. The van der Waals surface area contributed by atoms with E-state index in [9.17, 15) is 0 Å². The van der Waals surface area contributed by atoms with E-state index in [4.69, 9.17) is 0 Å². The summed E-state index contributed by atoms with van der Waals surface area (Å²) in [4.78, 5) is 2.65. The van der Waals surface area contributed by atoms with E-state index in [0.717, 1.165) is 17.9 Å². The smallest absolute Gasteiger partial charge is 0.0107 e. The Bertz CT molecular complexity index is 201. The van der Waals surface area contributed by atoms with Crippen LogP contribution in [0.1, 0.15) is 52.4 Å². The minimum absolute atomic E-state index is 0.836. The van der Waals surface area contributed by atoms with Gasteiger partial charge in [-0.1, -0.05) is 26.7 Å². The van der Waals surface area contributed by atoms with Gasteiger partial charge in [-0.05, 0) is 50.6 Å². The van der Waals surface area contributed by atoms with E-state index in [-0.39, 0.29) is 0 Å². The van der Waals surface area contributed by atoms with Gasteiger partial charge in [-0.2, -0.15) is 0 Å². The Morgan fingerprint density at radius 1 is 1.06 bits per heavy atom. The monoisotopic (exact) mass is 238 g/mol. The summed E-state index contributed by atoms with van der Waals surface area (Å²) >= 11 is 0. The third-order valence-corrected chi connectivity index (χ3v) is 4.79. The van der Waals surface area contributed by atoms with Crippen LogP contribution in [0.4, 0.5) is 0 Å². The molecule has 100 valence electrons. The van der Waals surface area contributed by atoms with Crippen molar-refractivity contribution in [2.45, 2.75) is 58.4 Å². The van der Waals surface area contributed by atoms with Crippen LogP contribution in [0.5, 0.6) is 0 Å². The average molecular weight is 238 g/mol.